The maximum Gasteiger partial charge on any atom is 0.333 e. The molecule has 0 aromatic carbocycles. The molecule has 0 saturated carbocycles. The average molecular weight is 302 g/mol. The monoisotopic (exact) mass is 302 g/mol. The van der Waals surface area contributed by atoms with Crippen LogP contribution < -0.4 is 0 Å². The van der Waals surface area contributed by atoms with Gasteiger partial charge in [-0.2, -0.15) is 0 Å². The molecule has 0 amide bonds. The SMILES string of the molecule is C=C(C)C(=O)OCCCCC[Si]OC(OCC)OCC. The molecule has 0 atom stereocenters. The Kier molecular flexibility index (Phi) is 12.8. The van der Waals surface area contributed by atoms with Crippen molar-refractivity contribution >= 4 is 15.7 Å². The van der Waals surface area contributed by atoms with Crippen molar-refractivity contribution in [2.45, 2.75) is 52.6 Å². The molecule has 0 unspecified atom stereocenters. The van der Waals surface area contributed by atoms with Gasteiger partial charge in [0.05, 0.1) is 6.61 Å². The predicted octanol–water partition coefficient (Wildman–Crippen LogP) is 2.69. The Bertz CT molecular complexity index is 264. The first kappa shape index (κ1) is 19.3. The van der Waals surface area contributed by atoms with Crippen LogP contribution in [0.5, 0.6) is 0 Å². The van der Waals surface area contributed by atoms with E-state index in [4.69, 9.17) is 18.6 Å². The van der Waals surface area contributed by atoms with E-state index in [0.29, 0.717) is 35.2 Å². The fourth-order valence-corrected chi connectivity index (χ4v) is 2.06. The van der Waals surface area contributed by atoms with Crippen molar-refractivity contribution in [3.05, 3.63) is 12.2 Å². The summed E-state index contributed by atoms with van der Waals surface area (Å²) in [7, 11) is 0.364. The second kappa shape index (κ2) is 13.3. The lowest BCUT2D eigenvalue weighted by Gasteiger charge is -2.16. The molecule has 0 aromatic heterocycles. The lowest BCUT2D eigenvalue weighted by molar-refractivity contribution is -0.243. The molecule has 0 rings (SSSR count). The first-order valence-corrected chi connectivity index (χ1v) is 8.17. The molecule has 0 N–H and O–H groups in total. The van der Waals surface area contributed by atoms with Crippen LogP contribution in [0.15, 0.2) is 12.2 Å². The van der Waals surface area contributed by atoms with E-state index in [1.165, 1.54) is 0 Å². The normalized spacial score (nSPS) is 10.8. The number of hydrogen-bond acceptors (Lipinski definition) is 5. The zero-order chi connectivity index (χ0) is 15.2. The van der Waals surface area contributed by atoms with Gasteiger partial charge in [0, 0.05) is 18.8 Å². The second-order valence-corrected chi connectivity index (χ2v) is 5.21. The highest BCUT2D eigenvalue weighted by molar-refractivity contribution is 6.27. The Balaban J connectivity index is 3.39. The minimum atomic E-state index is -0.542. The maximum absolute atomic E-state index is 11.1. The number of carbonyl (C=O) groups is 1. The molecule has 20 heavy (non-hydrogen) atoms. The summed E-state index contributed by atoms with van der Waals surface area (Å²) in [6, 6.07) is 0.963. The van der Waals surface area contributed by atoms with Crippen LogP contribution in [0, 0.1) is 0 Å². The Morgan fingerprint density at radius 1 is 1.15 bits per heavy atom. The highest BCUT2D eigenvalue weighted by Crippen LogP contribution is 2.04. The van der Waals surface area contributed by atoms with Crippen LogP contribution in [0.4, 0.5) is 0 Å². The van der Waals surface area contributed by atoms with Gasteiger partial charge in [-0.25, -0.2) is 4.79 Å². The van der Waals surface area contributed by atoms with Crippen molar-refractivity contribution in [2.24, 2.45) is 0 Å². The van der Waals surface area contributed by atoms with Crippen LogP contribution in [-0.2, 0) is 23.4 Å². The summed E-state index contributed by atoms with van der Waals surface area (Å²) in [6.45, 7) is 10.0. The van der Waals surface area contributed by atoms with Gasteiger partial charge >= 0.3 is 5.97 Å². The Morgan fingerprint density at radius 3 is 2.35 bits per heavy atom. The highest BCUT2D eigenvalue weighted by atomic mass is 28.2. The van der Waals surface area contributed by atoms with E-state index in [9.17, 15) is 4.79 Å². The van der Waals surface area contributed by atoms with Crippen molar-refractivity contribution in [2.75, 3.05) is 19.8 Å². The third-order valence-electron chi connectivity index (χ3n) is 2.29. The van der Waals surface area contributed by atoms with Crippen LogP contribution in [0.3, 0.4) is 0 Å². The fraction of sp³-hybridized carbons (Fsp3) is 0.786. The summed E-state index contributed by atoms with van der Waals surface area (Å²) in [5.74, 6) is -0.313. The van der Waals surface area contributed by atoms with Gasteiger partial charge in [-0.1, -0.05) is 19.4 Å². The molecule has 0 bridgehead atoms. The van der Waals surface area contributed by atoms with E-state index < -0.39 is 6.48 Å². The van der Waals surface area contributed by atoms with Crippen LogP contribution in [0.25, 0.3) is 0 Å². The summed E-state index contributed by atoms with van der Waals surface area (Å²) in [6.07, 6.45) is 2.91. The van der Waals surface area contributed by atoms with Crippen molar-refractivity contribution in [3.63, 3.8) is 0 Å². The van der Waals surface area contributed by atoms with Crippen LogP contribution in [0.2, 0.25) is 6.04 Å². The minimum Gasteiger partial charge on any atom is -0.462 e. The van der Waals surface area contributed by atoms with Crippen LogP contribution in [-0.4, -0.2) is 42.0 Å². The molecule has 0 heterocycles. The minimum absolute atomic E-state index is 0.313. The standard InChI is InChI=1S/C14H26O5Si/c1-5-16-14(17-6-2)19-20-11-9-7-8-10-18-13(15)12(3)4/h14H,3,5-11H2,1-2,4H3. The van der Waals surface area contributed by atoms with Gasteiger partial charge in [0.25, 0.3) is 6.48 Å². The van der Waals surface area contributed by atoms with E-state index in [0.717, 1.165) is 25.3 Å². The van der Waals surface area contributed by atoms with Gasteiger partial charge in [0.2, 0.25) is 9.76 Å². The van der Waals surface area contributed by atoms with E-state index >= 15 is 0 Å². The summed E-state index contributed by atoms with van der Waals surface area (Å²) in [4.78, 5) is 11.1. The molecule has 0 spiro atoms. The van der Waals surface area contributed by atoms with E-state index in [2.05, 4.69) is 6.58 Å². The zero-order valence-electron chi connectivity index (χ0n) is 12.8. The molecule has 0 aliphatic heterocycles. The average Bonchev–Trinajstić information content (AvgIpc) is 2.41. The van der Waals surface area contributed by atoms with Gasteiger partial charge in [0.15, 0.2) is 0 Å². The Labute approximate surface area is 124 Å². The van der Waals surface area contributed by atoms with Gasteiger partial charge in [-0.05, 0) is 33.2 Å². The molecule has 6 heteroatoms. The maximum atomic E-state index is 11.1. The van der Waals surface area contributed by atoms with Crippen molar-refractivity contribution in [3.8, 4) is 0 Å². The Morgan fingerprint density at radius 2 is 1.80 bits per heavy atom. The predicted molar refractivity (Wildman–Crippen MR) is 78.3 cm³/mol. The van der Waals surface area contributed by atoms with Gasteiger partial charge < -0.3 is 18.6 Å². The number of hydrogen-bond donors (Lipinski definition) is 0. The zero-order valence-corrected chi connectivity index (χ0v) is 13.8. The number of ether oxygens (including phenoxy) is 3. The molecule has 0 fully saturated rings. The molecule has 0 aliphatic carbocycles. The van der Waals surface area contributed by atoms with Crippen molar-refractivity contribution in [1.82, 2.24) is 0 Å². The summed E-state index contributed by atoms with van der Waals surface area (Å²) in [5.41, 5.74) is 0.442. The molecular weight excluding hydrogens is 276 g/mol. The fourth-order valence-electron chi connectivity index (χ4n) is 1.28. The molecule has 0 saturated heterocycles. The molecule has 116 valence electrons. The third-order valence-corrected chi connectivity index (χ3v) is 3.21. The van der Waals surface area contributed by atoms with E-state index in [1.807, 2.05) is 13.8 Å². The first-order chi connectivity index (χ1) is 9.61. The van der Waals surface area contributed by atoms with Gasteiger partial charge in [-0.15, -0.1) is 0 Å². The Hall–Kier alpha value is -0.693. The van der Waals surface area contributed by atoms with Crippen LogP contribution in [0.1, 0.15) is 40.0 Å². The molecule has 0 aromatic rings. The summed E-state index contributed by atoms with van der Waals surface area (Å²) in [5, 5.41) is 0. The summed E-state index contributed by atoms with van der Waals surface area (Å²) < 4.78 is 21.0. The molecular formula is C14H26O5Si. The molecule has 0 aliphatic rings. The summed E-state index contributed by atoms with van der Waals surface area (Å²) >= 11 is 0. The van der Waals surface area contributed by atoms with Crippen molar-refractivity contribution in [1.29, 1.82) is 0 Å². The van der Waals surface area contributed by atoms with E-state index in [1.54, 1.807) is 6.92 Å². The third kappa shape index (κ3) is 11.2. The lowest BCUT2D eigenvalue weighted by atomic mass is 10.3. The number of esters is 1. The largest absolute Gasteiger partial charge is 0.462 e. The molecule has 2 radical (unpaired) electrons. The quantitative estimate of drug-likeness (QED) is 0.172. The van der Waals surface area contributed by atoms with Gasteiger partial charge in [0.1, 0.15) is 0 Å². The lowest BCUT2D eigenvalue weighted by Crippen LogP contribution is -2.22. The topological polar surface area (TPSA) is 54.0 Å². The van der Waals surface area contributed by atoms with Crippen LogP contribution >= 0.6 is 0 Å². The van der Waals surface area contributed by atoms with Gasteiger partial charge in [-0.3, -0.25) is 0 Å². The first-order valence-electron chi connectivity index (χ1n) is 7.06. The number of rotatable bonds is 13. The van der Waals surface area contributed by atoms with E-state index in [-0.39, 0.29) is 5.97 Å². The smallest absolute Gasteiger partial charge is 0.333 e. The highest BCUT2D eigenvalue weighted by Gasteiger charge is 2.08. The molecule has 5 nitrogen and oxygen atoms in total. The number of carbonyl (C=O) groups excluding carboxylic acids is 1. The number of unbranched alkanes of at least 4 members (excludes halogenated alkanes) is 2. The van der Waals surface area contributed by atoms with Crippen molar-refractivity contribution < 1.29 is 23.4 Å². The second-order valence-electron chi connectivity index (χ2n) is 4.19.